The lowest BCUT2D eigenvalue weighted by molar-refractivity contribution is 0.309. The number of aromatic nitrogens is 1. The zero-order valence-electron chi connectivity index (χ0n) is 12.2. The van der Waals surface area contributed by atoms with Crippen molar-refractivity contribution in [2.45, 2.75) is 39.5 Å². The predicted octanol–water partition coefficient (Wildman–Crippen LogP) is 4.06. The number of nitrogens with zero attached hydrogens (tertiary/aromatic N) is 1. The van der Waals surface area contributed by atoms with Crippen molar-refractivity contribution in [3.05, 3.63) is 29.8 Å². The van der Waals surface area contributed by atoms with Crippen molar-refractivity contribution in [2.24, 2.45) is 0 Å². The van der Waals surface area contributed by atoms with Gasteiger partial charge in [-0.25, -0.2) is 0 Å². The molecule has 4 nitrogen and oxygen atoms in total. The molecule has 0 radical (unpaired) electrons. The van der Waals surface area contributed by atoms with Crippen molar-refractivity contribution in [1.29, 1.82) is 0 Å². The summed E-state index contributed by atoms with van der Waals surface area (Å²) in [5, 5.41) is 3.87. The zero-order chi connectivity index (χ0) is 14.4. The van der Waals surface area contributed by atoms with Crippen LogP contribution in [0.2, 0.25) is 0 Å². The number of unbranched alkanes of at least 4 members (excludes halogenated alkanes) is 1. The molecule has 0 saturated carbocycles. The highest BCUT2D eigenvalue weighted by atomic mass is 16.5. The summed E-state index contributed by atoms with van der Waals surface area (Å²) in [6, 6.07) is 7.89. The molecular weight excluding hydrogens is 252 g/mol. The van der Waals surface area contributed by atoms with Crippen LogP contribution in [0, 0.1) is 0 Å². The lowest BCUT2D eigenvalue weighted by Gasteiger charge is -2.06. The van der Waals surface area contributed by atoms with Crippen molar-refractivity contribution in [3.63, 3.8) is 0 Å². The molecule has 0 fully saturated rings. The van der Waals surface area contributed by atoms with Crippen LogP contribution in [0.1, 0.15) is 38.7 Å². The van der Waals surface area contributed by atoms with Crippen molar-refractivity contribution >= 4 is 5.82 Å². The first-order chi connectivity index (χ1) is 9.76. The summed E-state index contributed by atoms with van der Waals surface area (Å²) in [7, 11) is 0. The summed E-state index contributed by atoms with van der Waals surface area (Å²) in [6.45, 7) is 5.02. The largest absolute Gasteiger partial charge is 0.494 e. The molecule has 2 aromatic rings. The third-order valence-electron chi connectivity index (χ3n) is 3.20. The van der Waals surface area contributed by atoms with Gasteiger partial charge in [-0.2, -0.15) is 0 Å². The Hall–Kier alpha value is -1.97. The Labute approximate surface area is 119 Å². The molecule has 0 amide bonds. The van der Waals surface area contributed by atoms with Crippen LogP contribution in [0.25, 0.3) is 11.3 Å². The molecule has 1 aromatic heterocycles. The second-order valence-corrected chi connectivity index (χ2v) is 4.85. The molecule has 0 aliphatic carbocycles. The fourth-order valence-electron chi connectivity index (χ4n) is 2.08. The fourth-order valence-corrected chi connectivity index (χ4v) is 2.08. The molecule has 1 aromatic carbocycles. The van der Waals surface area contributed by atoms with E-state index in [0.29, 0.717) is 5.82 Å². The van der Waals surface area contributed by atoms with Gasteiger partial charge >= 0.3 is 0 Å². The Morgan fingerprint density at radius 2 is 1.90 bits per heavy atom. The van der Waals surface area contributed by atoms with Gasteiger partial charge in [0.1, 0.15) is 5.75 Å². The van der Waals surface area contributed by atoms with Gasteiger partial charge in [-0.15, -0.1) is 0 Å². The molecule has 20 heavy (non-hydrogen) atoms. The topological polar surface area (TPSA) is 61.3 Å². The number of hydrogen-bond acceptors (Lipinski definition) is 4. The highest BCUT2D eigenvalue weighted by molar-refractivity contribution is 5.66. The molecule has 108 valence electrons. The van der Waals surface area contributed by atoms with E-state index >= 15 is 0 Å². The minimum atomic E-state index is 0.491. The van der Waals surface area contributed by atoms with E-state index in [2.05, 4.69) is 19.0 Å². The Kier molecular flexibility index (Phi) is 5.04. The summed E-state index contributed by atoms with van der Waals surface area (Å²) in [5.41, 5.74) is 7.83. The first-order valence-electron chi connectivity index (χ1n) is 7.23. The normalized spacial score (nSPS) is 10.7. The maximum absolute atomic E-state index is 5.85. The molecule has 0 spiro atoms. The molecule has 2 rings (SSSR count). The lowest BCUT2D eigenvalue weighted by Crippen LogP contribution is -1.96. The van der Waals surface area contributed by atoms with Gasteiger partial charge in [-0.3, -0.25) is 0 Å². The first-order valence-corrected chi connectivity index (χ1v) is 7.23. The molecule has 1 heterocycles. The number of nitrogen functional groups attached to an aromatic ring is 1. The Balaban J connectivity index is 2.13. The SMILES string of the molecule is CCCCOc1ccc(-c2onc(N)c2CCC)cc1. The number of hydrogen-bond donors (Lipinski definition) is 1. The molecule has 4 heteroatoms. The van der Waals surface area contributed by atoms with Gasteiger partial charge in [0.05, 0.1) is 6.61 Å². The monoisotopic (exact) mass is 274 g/mol. The summed E-state index contributed by atoms with van der Waals surface area (Å²) in [6.07, 6.45) is 4.09. The van der Waals surface area contributed by atoms with Crippen LogP contribution in [0.15, 0.2) is 28.8 Å². The van der Waals surface area contributed by atoms with E-state index in [0.717, 1.165) is 54.9 Å². The summed E-state index contributed by atoms with van der Waals surface area (Å²) in [5.74, 6) is 2.14. The van der Waals surface area contributed by atoms with E-state index in [1.807, 2.05) is 24.3 Å². The molecule has 2 N–H and O–H groups in total. The molecule has 0 aliphatic heterocycles. The van der Waals surface area contributed by atoms with Crippen molar-refractivity contribution in [1.82, 2.24) is 5.16 Å². The maximum Gasteiger partial charge on any atom is 0.172 e. The first kappa shape index (κ1) is 14.4. The Morgan fingerprint density at radius 3 is 2.55 bits per heavy atom. The number of anilines is 1. The van der Waals surface area contributed by atoms with Crippen LogP contribution < -0.4 is 10.5 Å². The minimum absolute atomic E-state index is 0.491. The Morgan fingerprint density at radius 1 is 1.15 bits per heavy atom. The highest BCUT2D eigenvalue weighted by Gasteiger charge is 2.14. The molecule has 0 saturated heterocycles. The molecular formula is C16H22N2O2. The number of benzene rings is 1. The van der Waals surface area contributed by atoms with E-state index in [9.17, 15) is 0 Å². The maximum atomic E-state index is 5.85. The van der Waals surface area contributed by atoms with Gasteiger partial charge in [0.15, 0.2) is 11.6 Å². The molecule has 0 aliphatic rings. The van der Waals surface area contributed by atoms with Crippen molar-refractivity contribution < 1.29 is 9.26 Å². The van der Waals surface area contributed by atoms with Gasteiger partial charge in [-0.1, -0.05) is 31.8 Å². The van der Waals surface area contributed by atoms with E-state index in [-0.39, 0.29) is 0 Å². The zero-order valence-corrected chi connectivity index (χ0v) is 12.2. The summed E-state index contributed by atoms with van der Waals surface area (Å²) >= 11 is 0. The number of rotatable bonds is 7. The Bertz CT molecular complexity index is 532. The van der Waals surface area contributed by atoms with Crippen molar-refractivity contribution in [2.75, 3.05) is 12.3 Å². The number of nitrogens with two attached hydrogens (primary N) is 1. The fraction of sp³-hybridized carbons (Fsp3) is 0.438. The van der Waals surface area contributed by atoms with Gasteiger partial charge in [0.2, 0.25) is 0 Å². The van der Waals surface area contributed by atoms with Crippen LogP contribution in [0.3, 0.4) is 0 Å². The second-order valence-electron chi connectivity index (χ2n) is 4.85. The van der Waals surface area contributed by atoms with Crippen LogP contribution >= 0.6 is 0 Å². The molecule has 0 unspecified atom stereocenters. The standard InChI is InChI=1S/C16H22N2O2/c1-3-5-11-19-13-9-7-12(8-10-13)15-14(6-4-2)16(17)18-20-15/h7-10H,3-6,11H2,1-2H3,(H2,17,18). The van der Waals surface area contributed by atoms with Gasteiger partial charge in [-0.05, 0) is 37.1 Å². The van der Waals surface area contributed by atoms with Crippen LogP contribution in [-0.2, 0) is 6.42 Å². The molecule has 0 atom stereocenters. The minimum Gasteiger partial charge on any atom is -0.494 e. The van der Waals surface area contributed by atoms with Crippen LogP contribution in [0.4, 0.5) is 5.82 Å². The predicted molar refractivity (Wildman–Crippen MR) is 80.7 cm³/mol. The quantitative estimate of drug-likeness (QED) is 0.773. The third kappa shape index (κ3) is 3.32. The smallest absolute Gasteiger partial charge is 0.172 e. The van der Waals surface area contributed by atoms with Crippen LogP contribution in [0.5, 0.6) is 5.75 Å². The summed E-state index contributed by atoms with van der Waals surface area (Å²) < 4.78 is 11.0. The highest BCUT2D eigenvalue weighted by Crippen LogP contribution is 2.30. The number of ether oxygens (including phenoxy) is 1. The van der Waals surface area contributed by atoms with Crippen LogP contribution in [-0.4, -0.2) is 11.8 Å². The average molecular weight is 274 g/mol. The summed E-state index contributed by atoms with van der Waals surface area (Å²) in [4.78, 5) is 0. The molecule has 0 bridgehead atoms. The van der Waals surface area contributed by atoms with E-state index in [1.165, 1.54) is 0 Å². The second kappa shape index (κ2) is 6.98. The van der Waals surface area contributed by atoms with Gasteiger partial charge in [0, 0.05) is 11.1 Å². The van der Waals surface area contributed by atoms with E-state index < -0.39 is 0 Å². The van der Waals surface area contributed by atoms with Gasteiger partial charge < -0.3 is 15.0 Å². The van der Waals surface area contributed by atoms with Gasteiger partial charge in [0.25, 0.3) is 0 Å². The van der Waals surface area contributed by atoms with Crippen molar-refractivity contribution in [3.8, 4) is 17.1 Å². The lowest BCUT2D eigenvalue weighted by atomic mass is 10.0. The van der Waals surface area contributed by atoms with E-state index in [1.54, 1.807) is 0 Å². The third-order valence-corrected chi connectivity index (χ3v) is 3.20. The van der Waals surface area contributed by atoms with E-state index in [4.69, 9.17) is 15.0 Å². The average Bonchev–Trinajstić information content (AvgIpc) is 2.82.